The van der Waals surface area contributed by atoms with Gasteiger partial charge in [-0.15, -0.1) is 6.42 Å². The number of nitrogens with zero attached hydrogens (tertiary/aromatic N) is 1. The van der Waals surface area contributed by atoms with Crippen molar-refractivity contribution in [2.24, 2.45) is 0 Å². The smallest absolute Gasteiger partial charge is 0.341 e. The molecule has 0 aromatic heterocycles. The van der Waals surface area contributed by atoms with Crippen LogP contribution in [0.3, 0.4) is 0 Å². The van der Waals surface area contributed by atoms with E-state index in [1.54, 1.807) is 0 Å². The summed E-state index contributed by atoms with van der Waals surface area (Å²) < 4.78 is 52.2. The summed E-state index contributed by atoms with van der Waals surface area (Å²) in [6.45, 7) is 1.14. The van der Waals surface area contributed by atoms with Crippen molar-refractivity contribution in [3.63, 3.8) is 0 Å². The first kappa shape index (κ1) is 16.1. The number of carboxylic acids is 1. The molecule has 1 aromatic carbocycles. The highest BCUT2D eigenvalue weighted by Crippen LogP contribution is 2.24. The third-order valence-electron chi connectivity index (χ3n) is 2.51. The second kappa shape index (κ2) is 5.98. The van der Waals surface area contributed by atoms with Gasteiger partial charge in [-0.2, -0.15) is 4.31 Å². The van der Waals surface area contributed by atoms with Crippen LogP contribution in [-0.2, 0) is 10.0 Å². The van der Waals surface area contributed by atoms with E-state index in [9.17, 15) is 22.0 Å². The van der Waals surface area contributed by atoms with Crippen molar-refractivity contribution in [1.29, 1.82) is 0 Å². The van der Waals surface area contributed by atoms with E-state index in [0.717, 1.165) is 4.31 Å². The van der Waals surface area contributed by atoms with E-state index in [4.69, 9.17) is 11.5 Å². The van der Waals surface area contributed by atoms with Gasteiger partial charge in [-0.25, -0.2) is 22.0 Å². The monoisotopic (exact) mass is 303 g/mol. The highest BCUT2D eigenvalue weighted by atomic mass is 32.2. The van der Waals surface area contributed by atoms with E-state index in [-0.39, 0.29) is 13.1 Å². The summed E-state index contributed by atoms with van der Waals surface area (Å²) in [4.78, 5) is 9.84. The molecule has 0 heterocycles. The molecule has 0 aliphatic carbocycles. The molecular formula is C12H11F2NO4S. The molecule has 0 unspecified atom stereocenters. The number of benzene rings is 1. The average Bonchev–Trinajstić information content (AvgIpc) is 2.34. The number of halogens is 2. The minimum atomic E-state index is -4.33. The number of terminal acetylenes is 1. The van der Waals surface area contributed by atoms with Crippen LogP contribution in [0.25, 0.3) is 0 Å². The number of sulfonamides is 1. The topological polar surface area (TPSA) is 74.7 Å². The minimum Gasteiger partial charge on any atom is -0.477 e. The van der Waals surface area contributed by atoms with Crippen LogP contribution in [0.1, 0.15) is 17.3 Å². The number of hydrogen-bond acceptors (Lipinski definition) is 3. The zero-order valence-electron chi connectivity index (χ0n) is 10.4. The van der Waals surface area contributed by atoms with Crippen molar-refractivity contribution in [2.75, 3.05) is 13.1 Å². The predicted octanol–water partition coefficient (Wildman–Crippen LogP) is 1.31. The fraction of sp³-hybridized carbons (Fsp3) is 0.250. The molecule has 20 heavy (non-hydrogen) atoms. The van der Waals surface area contributed by atoms with Gasteiger partial charge in [0.1, 0.15) is 16.3 Å². The Morgan fingerprint density at radius 2 is 2.05 bits per heavy atom. The van der Waals surface area contributed by atoms with Gasteiger partial charge in [0.05, 0.1) is 6.54 Å². The van der Waals surface area contributed by atoms with Crippen LogP contribution in [0, 0.1) is 24.0 Å². The third kappa shape index (κ3) is 2.79. The summed E-state index contributed by atoms with van der Waals surface area (Å²) in [5.74, 6) is -2.79. The molecule has 0 fully saturated rings. The SMILES string of the molecule is C#CCN(CC)S(=O)(=O)c1ccc(F)c(C(=O)O)c1F. The van der Waals surface area contributed by atoms with Gasteiger partial charge in [0.15, 0.2) is 5.82 Å². The second-order valence-corrected chi connectivity index (χ2v) is 5.58. The zero-order valence-corrected chi connectivity index (χ0v) is 11.2. The normalized spacial score (nSPS) is 11.3. The van der Waals surface area contributed by atoms with Crippen LogP contribution in [-0.4, -0.2) is 36.9 Å². The first-order chi connectivity index (χ1) is 9.27. The standard InChI is InChI=1S/C12H11F2NO4S/c1-3-7-15(4-2)20(18,19)9-6-5-8(13)10(11(9)14)12(16)17/h1,5-6H,4,7H2,2H3,(H,16,17). The van der Waals surface area contributed by atoms with E-state index in [0.29, 0.717) is 12.1 Å². The van der Waals surface area contributed by atoms with Crippen molar-refractivity contribution in [3.8, 4) is 12.3 Å². The van der Waals surface area contributed by atoms with Gasteiger partial charge in [0, 0.05) is 6.54 Å². The largest absolute Gasteiger partial charge is 0.477 e. The molecule has 1 rings (SSSR count). The molecule has 1 aromatic rings. The third-order valence-corrected chi connectivity index (χ3v) is 4.45. The molecule has 0 bridgehead atoms. The first-order valence-corrected chi connectivity index (χ1v) is 6.86. The van der Waals surface area contributed by atoms with Crippen LogP contribution in [0.5, 0.6) is 0 Å². The molecule has 0 aliphatic heterocycles. The van der Waals surface area contributed by atoms with Gasteiger partial charge in [-0.05, 0) is 12.1 Å². The van der Waals surface area contributed by atoms with Gasteiger partial charge in [-0.3, -0.25) is 0 Å². The van der Waals surface area contributed by atoms with E-state index in [1.807, 2.05) is 0 Å². The van der Waals surface area contributed by atoms with Crippen LogP contribution in [0.2, 0.25) is 0 Å². The molecule has 8 heteroatoms. The van der Waals surface area contributed by atoms with Crippen molar-refractivity contribution >= 4 is 16.0 Å². The number of aromatic carboxylic acids is 1. The lowest BCUT2D eigenvalue weighted by Crippen LogP contribution is -2.32. The number of hydrogen-bond donors (Lipinski definition) is 1. The molecule has 0 radical (unpaired) electrons. The van der Waals surface area contributed by atoms with E-state index in [1.165, 1.54) is 6.92 Å². The fourth-order valence-electron chi connectivity index (χ4n) is 1.54. The Balaban J connectivity index is 3.52. The Morgan fingerprint density at radius 3 is 2.50 bits per heavy atom. The molecule has 0 saturated carbocycles. The second-order valence-electron chi connectivity index (χ2n) is 3.67. The number of carboxylic acid groups (broad SMARTS) is 1. The molecule has 5 nitrogen and oxygen atoms in total. The molecule has 0 aliphatic rings. The van der Waals surface area contributed by atoms with E-state index in [2.05, 4.69) is 5.92 Å². The maximum Gasteiger partial charge on any atom is 0.341 e. The summed E-state index contributed by atoms with van der Waals surface area (Å²) >= 11 is 0. The molecule has 1 N–H and O–H groups in total. The first-order valence-electron chi connectivity index (χ1n) is 5.42. The molecular weight excluding hydrogens is 292 g/mol. The predicted molar refractivity (Wildman–Crippen MR) is 66.6 cm³/mol. The quantitative estimate of drug-likeness (QED) is 0.832. The maximum atomic E-state index is 13.9. The van der Waals surface area contributed by atoms with Crippen molar-refractivity contribution < 1.29 is 27.1 Å². The van der Waals surface area contributed by atoms with Crippen molar-refractivity contribution in [2.45, 2.75) is 11.8 Å². The summed E-state index contributed by atoms with van der Waals surface area (Å²) in [7, 11) is -4.33. The Bertz CT molecular complexity index is 679. The Labute approximate surface area is 114 Å². The Kier molecular flexibility index (Phi) is 4.81. The fourth-order valence-corrected chi connectivity index (χ4v) is 2.97. The highest BCUT2D eigenvalue weighted by molar-refractivity contribution is 7.89. The summed E-state index contributed by atoms with van der Waals surface area (Å²) in [6.07, 6.45) is 5.02. The number of carbonyl (C=O) groups is 1. The van der Waals surface area contributed by atoms with Crippen molar-refractivity contribution in [3.05, 3.63) is 29.3 Å². The summed E-state index contributed by atoms with van der Waals surface area (Å²) in [5, 5.41) is 8.72. The summed E-state index contributed by atoms with van der Waals surface area (Å²) in [5.41, 5.74) is -1.32. The number of rotatable bonds is 5. The van der Waals surface area contributed by atoms with Crippen molar-refractivity contribution in [1.82, 2.24) is 4.31 Å². The van der Waals surface area contributed by atoms with Gasteiger partial charge in [0.25, 0.3) is 0 Å². The minimum absolute atomic E-state index is 0.0360. The van der Waals surface area contributed by atoms with Gasteiger partial charge >= 0.3 is 5.97 Å². The van der Waals surface area contributed by atoms with Gasteiger partial charge in [0.2, 0.25) is 10.0 Å². The van der Waals surface area contributed by atoms with Crippen LogP contribution in [0.15, 0.2) is 17.0 Å². The van der Waals surface area contributed by atoms with Crippen LogP contribution >= 0.6 is 0 Å². The summed E-state index contributed by atoms with van der Waals surface area (Å²) in [6, 6.07) is 1.26. The molecule has 0 saturated heterocycles. The maximum absolute atomic E-state index is 13.9. The average molecular weight is 303 g/mol. The van der Waals surface area contributed by atoms with Gasteiger partial charge in [-0.1, -0.05) is 12.8 Å². The van der Waals surface area contributed by atoms with Gasteiger partial charge < -0.3 is 5.11 Å². The van der Waals surface area contributed by atoms with Crippen LogP contribution in [0.4, 0.5) is 8.78 Å². The lowest BCUT2D eigenvalue weighted by molar-refractivity contribution is 0.0685. The van der Waals surface area contributed by atoms with Crippen LogP contribution < -0.4 is 0 Å². The Morgan fingerprint density at radius 1 is 1.45 bits per heavy atom. The molecule has 0 amide bonds. The molecule has 108 valence electrons. The lowest BCUT2D eigenvalue weighted by Gasteiger charge is -2.18. The lowest BCUT2D eigenvalue weighted by atomic mass is 10.2. The van der Waals surface area contributed by atoms with E-state index < -0.39 is 38.1 Å². The Hall–Kier alpha value is -1.98. The zero-order chi connectivity index (χ0) is 15.5. The molecule has 0 atom stereocenters. The molecule has 0 spiro atoms. The van der Waals surface area contributed by atoms with E-state index >= 15 is 0 Å². The highest BCUT2D eigenvalue weighted by Gasteiger charge is 2.30.